The zero-order valence-corrected chi connectivity index (χ0v) is 16.0. The molecule has 0 saturated heterocycles. The van der Waals surface area contributed by atoms with E-state index in [-0.39, 0.29) is 17.6 Å². The van der Waals surface area contributed by atoms with Gasteiger partial charge in [-0.25, -0.2) is 9.78 Å². The van der Waals surface area contributed by atoms with Crippen LogP contribution in [0.1, 0.15) is 55.8 Å². The molecule has 144 valence electrons. The Bertz CT molecular complexity index is 800. The molecule has 1 amide bonds. The van der Waals surface area contributed by atoms with Crippen molar-refractivity contribution in [1.82, 2.24) is 10.3 Å². The van der Waals surface area contributed by atoms with Crippen LogP contribution in [0.15, 0.2) is 34.7 Å². The van der Waals surface area contributed by atoms with Crippen molar-refractivity contribution in [3.8, 4) is 11.5 Å². The number of hydrogen-bond acceptors (Lipinski definition) is 5. The first kappa shape index (κ1) is 19.1. The maximum Gasteiger partial charge on any atom is 0.361 e. The molecule has 1 saturated carbocycles. The highest BCUT2D eigenvalue weighted by Crippen LogP contribution is 2.24. The number of carbonyl (C=O) groups is 2. The Morgan fingerprint density at radius 2 is 1.93 bits per heavy atom. The van der Waals surface area contributed by atoms with Gasteiger partial charge in [0.1, 0.15) is 5.76 Å². The zero-order chi connectivity index (χ0) is 19.4. The van der Waals surface area contributed by atoms with Gasteiger partial charge in [0.25, 0.3) is 5.91 Å². The summed E-state index contributed by atoms with van der Waals surface area (Å²) >= 11 is 0. The number of aryl methyl sites for hydroxylation is 1. The molecule has 2 aromatic rings. The molecule has 1 aliphatic carbocycles. The van der Waals surface area contributed by atoms with Gasteiger partial charge in [-0.2, -0.15) is 0 Å². The fraction of sp³-hybridized carbons (Fsp3) is 0.476. The van der Waals surface area contributed by atoms with Crippen molar-refractivity contribution < 1.29 is 18.7 Å². The quantitative estimate of drug-likeness (QED) is 0.808. The Kier molecular flexibility index (Phi) is 5.94. The second-order valence-electron chi connectivity index (χ2n) is 7.21. The van der Waals surface area contributed by atoms with Crippen molar-refractivity contribution >= 4 is 11.9 Å². The number of esters is 1. The topological polar surface area (TPSA) is 81.4 Å². The summed E-state index contributed by atoms with van der Waals surface area (Å²) in [6, 6.07) is 9.47. The van der Waals surface area contributed by atoms with Crippen molar-refractivity contribution in [2.75, 3.05) is 0 Å². The molecule has 6 nitrogen and oxygen atoms in total. The average molecular weight is 370 g/mol. The number of nitrogens with zero attached hydrogens (tertiary/aromatic N) is 1. The SMILES string of the molecule is Cc1oc(-c2ccccc2)nc1C(=O)O[C@H](C)C(=O)N[C@@H]1CCCC[C@@H]1C. The molecular formula is C21H26N2O4. The third-order valence-electron chi connectivity index (χ3n) is 5.10. The summed E-state index contributed by atoms with van der Waals surface area (Å²) in [4.78, 5) is 29.1. The number of aromatic nitrogens is 1. The molecule has 0 unspecified atom stereocenters. The van der Waals surface area contributed by atoms with E-state index in [4.69, 9.17) is 9.15 Å². The van der Waals surface area contributed by atoms with Crippen LogP contribution in [0, 0.1) is 12.8 Å². The molecule has 1 aromatic heterocycles. The fourth-order valence-corrected chi connectivity index (χ4v) is 3.39. The van der Waals surface area contributed by atoms with E-state index in [1.165, 1.54) is 6.42 Å². The highest BCUT2D eigenvalue weighted by Gasteiger charge is 2.28. The van der Waals surface area contributed by atoms with E-state index in [1.807, 2.05) is 30.3 Å². The van der Waals surface area contributed by atoms with Crippen LogP contribution in [0.4, 0.5) is 0 Å². The van der Waals surface area contributed by atoms with Gasteiger partial charge in [0.15, 0.2) is 11.8 Å². The van der Waals surface area contributed by atoms with Gasteiger partial charge in [-0.3, -0.25) is 4.79 Å². The van der Waals surface area contributed by atoms with Gasteiger partial charge in [-0.05, 0) is 44.7 Å². The molecule has 3 atom stereocenters. The third-order valence-corrected chi connectivity index (χ3v) is 5.10. The minimum atomic E-state index is -0.886. The lowest BCUT2D eigenvalue weighted by molar-refractivity contribution is -0.130. The molecular weight excluding hydrogens is 344 g/mol. The Hall–Kier alpha value is -2.63. The lowest BCUT2D eigenvalue weighted by Crippen LogP contribution is -2.46. The van der Waals surface area contributed by atoms with E-state index in [1.54, 1.807) is 13.8 Å². The molecule has 1 aromatic carbocycles. The highest BCUT2D eigenvalue weighted by molar-refractivity contribution is 5.91. The summed E-state index contributed by atoms with van der Waals surface area (Å²) in [5, 5.41) is 3.01. The lowest BCUT2D eigenvalue weighted by Gasteiger charge is -2.30. The van der Waals surface area contributed by atoms with E-state index in [0.29, 0.717) is 17.6 Å². The summed E-state index contributed by atoms with van der Waals surface area (Å²) in [6.45, 7) is 5.38. The van der Waals surface area contributed by atoms with Gasteiger partial charge in [0.2, 0.25) is 5.89 Å². The summed E-state index contributed by atoms with van der Waals surface area (Å²) < 4.78 is 10.9. The number of hydrogen-bond donors (Lipinski definition) is 1. The first-order chi connectivity index (χ1) is 13.0. The number of ether oxygens (including phenoxy) is 1. The summed E-state index contributed by atoms with van der Waals surface area (Å²) in [5.74, 6) is 0.238. The minimum absolute atomic E-state index is 0.0968. The van der Waals surface area contributed by atoms with Gasteiger partial charge >= 0.3 is 5.97 Å². The molecule has 27 heavy (non-hydrogen) atoms. The average Bonchev–Trinajstić information content (AvgIpc) is 3.06. The van der Waals surface area contributed by atoms with Gasteiger partial charge in [-0.15, -0.1) is 0 Å². The van der Waals surface area contributed by atoms with Gasteiger partial charge in [-0.1, -0.05) is 38.0 Å². The van der Waals surface area contributed by atoms with Crippen molar-refractivity contribution in [3.05, 3.63) is 41.8 Å². The molecule has 6 heteroatoms. The number of oxazole rings is 1. The smallest absolute Gasteiger partial charge is 0.361 e. The molecule has 0 bridgehead atoms. The van der Waals surface area contributed by atoms with Crippen molar-refractivity contribution in [3.63, 3.8) is 0 Å². The van der Waals surface area contributed by atoms with Gasteiger partial charge in [0.05, 0.1) is 0 Å². The van der Waals surface area contributed by atoms with Crippen molar-refractivity contribution in [1.29, 1.82) is 0 Å². The van der Waals surface area contributed by atoms with E-state index in [0.717, 1.165) is 24.8 Å². The van der Waals surface area contributed by atoms with Crippen LogP contribution >= 0.6 is 0 Å². The Balaban J connectivity index is 1.63. The molecule has 0 radical (unpaired) electrons. The van der Waals surface area contributed by atoms with Gasteiger partial charge in [0, 0.05) is 11.6 Å². The van der Waals surface area contributed by atoms with Gasteiger partial charge < -0.3 is 14.5 Å². The lowest BCUT2D eigenvalue weighted by atomic mass is 9.86. The molecule has 0 aliphatic heterocycles. The number of nitrogens with one attached hydrogen (secondary N) is 1. The first-order valence-corrected chi connectivity index (χ1v) is 9.50. The molecule has 1 N–H and O–H groups in total. The van der Waals surface area contributed by atoms with E-state index in [9.17, 15) is 9.59 Å². The largest absolute Gasteiger partial charge is 0.448 e. The monoisotopic (exact) mass is 370 g/mol. The number of amides is 1. The van der Waals surface area contributed by atoms with Crippen LogP contribution in [-0.2, 0) is 9.53 Å². The predicted molar refractivity (Wildman–Crippen MR) is 101 cm³/mol. The van der Waals surface area contributed by atoms with Crippen LogP contribution in [0.5, 0.6) is 0 Å². The maximum atomic E-state index is 12.5. The number of rotatable bonds is 5. The number of carbonyl (C=O) groups excluding carboxylic acids is 2. The second kappa shape index (κ2) is 8.37. The minimum Gasteiger partial charge on any atom is -0.448 e. The fourth-order valence-electron chi connectivity index (χ4n) is 3.39. The van der Waals surface area contributed by atoms with Crippen LogP contribution in [0.25, 0.3) is 11.5 Å². The van der Waals surface area contributed by atoms with E-state index in [2.05, 4.69) is 17.2 Å². The van der Waals surface area contributed by atoms with Crippen LogP contribution in [-0.4, -0.2) is 29.0 Å². The zero-order valence-electron chi connectivity index (χ0n) is 16.0. The Morgan fingerprint density at radius 1 is 1.22 bits per heavy atom. The second-order valence-corrected chi connectivity index (χ2v) is 7.21. The standard InChI is InChI=1S/C21H26N2O4/c1-13-9-7-8-12-17(13)22-19(24)15(3)27-21(25)18-14(2)26-20(23-18)16-10-5-4-6-11-16/h4-6,10-11,13,15,17H,7-9,12H2,1-3H3,(H,22,24)/t13-,15+,17+/m0/s1. The third kappa shape index (κ3) is 4.56. The molecule has 0 spiro atoms. The van der Waals surface area contributed by atoms with Crippen LogP contribution < -0.4 is 5.32 Å². The van der Waals surface area contributed by atoms with Crippen molar-refractivity contribution in [2.24, 2.45) is 5.92 Å². The van der Waals surface area contributed by atoms with E-state index >= 15 is 0 Å². The normalized spacial score (nSPS) is 20.7. The summed E-state index contributed by atoms with van der Waals surface area (Å²) in [7, 11) is 0. The van der Waals surface area contributed by atoms with E-state index < -0.39 is 12.1 Å². The summed E-state index contributed by atoms with van der Waals surface area (Å²) in [5.41, 5.74) is 0.872. The van der Waals surface area contributed by atoms with Crippen molar-refractivity contribution in [2.45, 2.75) is 58.6 Å². The van der Waals surface area contributed by atoms with Crippen LogP contribution in [0.3, 0.4) is 0 Å². The predicted octanol–water partition coefficient (Wildman–Crippen LogP) is 3.89. The maximum absolute atomic E-state index is 12.5. The molecule has 1 aliphatic rings. The number of benzene rings is 1. The highest BCUT2D eigenvalue weighted by atomic mass is 16.5. The first-order valence-electron chi connectivity index (χ1n) is 9.50. The molecule has 3 rings (SSSR count). The summed E-state index contributed by atoms with van der Waals surface area (Å²) in [6.07, 6.45) is 3.51. The van der Waals surface area contributed by atoms with Crippen LogP contribution in [0.2, 0.25) is 0 Å². The molecule has 1 fully saturated rings. The Morgan fingerprint density at radius 3 is 2.63 bits per heavy atom. The molecule has 1 heterocycles. The Labute approximate surface area is 159 Å².